The lowest BCUT2D eigenvalue weighted by molar-refractivity contribution is 0.0676. The van der Waals surface area contributed by atoms with Crippen LogP contribution in [0.25, 0.3) is 0 Å². The van der Waals surface area contributed by atoms with E-state index in [-0.39, 0.29) is 5.78 Å². The molecule has 0 saturated heterocycles. The Balaban J connectivity index is 1.93. The van der Waals surface area contributed by atoms with E-state index in [1.165, 1.54) is 0 Å². The van der Waals surface area contributed by atoms with Gasteiger partial charge in [0.2, 0.25) is 0 Å². The van der Waals surface area contributed by atoms with Gasteiger partial charge in [-0.1, -0.05) is 91.0 Å². The van der Waals surface area contributed by atoms with Gasteiger partial charge in [-0.05, 0) is 17.5 Å². The van der Waals surface area contributed by atoms with Gasteiger partial charge in [-0.2, -0.15) is 0 Å². The van der Waals surface area contributed by atoms with Gasteiger partial charge in [0.25, 0.3) is 0 Å². The number of Topliss-reactive ketones (excluding diaryl/α,β-unsaturated/α-hetero) is 1. The zero-order valence-electron chi connectivity index (χ0n) is 13.4. The summed E-state index contributed by atoms with van der Waals surface area (Å²) < 4.78 is 0. The Kier molecular flexibility index (Phi) is 5.19. The number of hydrogen-bond acceptors (Lipinski definition) is 2. The molecule has 0 aliphatic rings. The number of aliphatic hydroxyl groups excluding tert-OH is 1. The standard InChI is InChI=1S/C22H20O2/c23-21(18-12-6-2-7-13-18)20(16-17-10-4-1-5-11-17)22(24)19-14-8-3-9-15-19/h1-15,20-21,23H,16H2/t20-,21+/m1/s1. The monoisotopic (exact) mass is 316 g/mol. The van der Waals surface area contributed by atoms with Gasteiger partial charge in [0, 0.05) is 5.56 Å². The summed E-state index contributed by atoms with van der Waals surface area (Å²) in [5, 5.41) is 10.9. The number of carbonyl (C=O) groups excluding carboxylic acids is 1. The molecule has 24 heavy (non-hydrogen) atoms. The maximum atomic E-state index is 13.0. The van der Waals surface area contributed by atoms with Gasteiger partial charge in [0.1, 0.15) is 0 Å². The van der Waals surface area contributed by atoms with Gasteiger partial charge in [-0.25, -0.2) is 0 Å². The summed E-state index contributed by atoms with van der Waals surface area (Å²) in [6.45, 7) is 0. The lowest BCUT2D eigenvalue weighted by Gasteiger charge is -2.22. The van der Waals surface area contributed by atoms with Crippen molar-refractivity contribution in [1.82, 2.24) is 0 Å². The van der Waals surface area contributed by atoms with E-state index in [0.717, 1.165) is 11.1 Å². The molecule has 120 valence electrons. The van der Waals surface area contributed by atoms with Gasteiger partial charge >= 0.3 is 0 Å². The maximum Gasteiger partial charge on any atom is 0.169 e. The predicted molar refractivity (Wildman–Crippen MR) is 95.8 cm³/mol. The van der Waals surface area contributed by atoms with E-state index in [0.29, 0.717) is 12.0 Å². The minimum absolute atomic E-state index is 0.0317. The summed E-state index contributed by atoms with van der Waals surface area (Å²) in [7, 11) is 0. The van der Waals surface area contributed by atoms with E-state index in [4.69, 9.17) is 0 Å². The normalized spacial score (nSPS) is 13.2. The Labute approximate surface area is 142 Å². The molecule has 2 nitrogen and oxygen atoms in total. The minimum atomic E-state index is -0.834. The molecule has 0 spiro atoms. The van der Waals surface area contributed by atoms with Crippen molar-refractivity contribution in [2.24, 2.45) is 5.92 Å². The molecule has 3 aromatic rings. The summed E-state index contributed by atoms with van der Waals surface area (Å²) in [5.74, 6) is -0.548. The molecule has 0 radical (unpaired) electrons. The average molecular weight is 316 g/mol. The number of hydrogen-bond donors (Lipinski definition) is 1. The third kappa shape index (κ3) is 3.79. The highest BCUT2D eigenvalue weighted by molar-refractivity contribution is 5.98. The molecule has 0 amide bonds. The Morgan fingerprint density at radius 1 is 0.750 bits per heavy atom. The number of benzene rings is 3. The largest absolute Gasteiger partial charge is 0.388 e. The number of rotatable bonds is 6. The molecule has 2 atom stereocenters. The van der Waals surface area contributed by atoms with Crippen LogP contribution in [0.2, 0.25) is 0 Å². The van der Waals surface area contributed by atoms with Crippen LogP contribution in [-0.2, 0) is 6.42 Å². The summed E-state index contributed by atoms with van der Waals surface area (Å²) in [5.41, 5.74) is 2.44. The van der Waals surface area contributed by atoms with Crippen LogP contribution in [0.3, 0.4) is 0 Å². The zero-order valence-corrected chi connectivity index (χ0v) is 13.4. The SMILES string of the molecule is O=C(c1ccccc1)[C@H](Cc1ccccc1)[C@@H](O)c1ccccc1. The molecule has 0 fully saturated rings. The van der Waals surface area contributed by atoms with E-state index >= 15 is 0 Å². The van der Waals surface area contributed by atoms with Gasteiger partial charge < -0.3 is 5.11 Å². The fourth-order valence-electron chi connectivity index (χ4n) is 2.91. The number of aliphatic hydroxyl groups is 1. The van der Waals surface area contributed by atoms with E-state index in [1.54, 1.807) is 12.1 Å². The quantitative estimate of drug-likeness (QED) is 0.682. The summed E-state index contributed by atoms with van der Waals surface area (Å²) in [4.78, 5) is 13.0. The molecule has 3 rings (SSSR count). The van der Waals surface area contributed by atoms with Gasteiger partial charge in [-0.15, -0.1) is 0 Å². The molecular formula is C22H20O2. The van der Waals surface area contributed by atoms with Crippen molar-refractivity contribution in [3.63, 3.8) is 0 Å². The Morgan fingerprint density at radius 3 is 1.83 bits per heavy atom. The van der Waals surface area contributed by atoms with Crippen molar-refractivity contribution < 1.29 is 9.90 Å². The highest BCUT2D eigenvalue weighted by Crippen LogP contribution is 2.28. The van der Waals surface area contributed by atoms with Crippen molar-refractivity contribution in [3.8, 4) is 0 Å². The molecule has 1 N–H and O–H groups in total. The van der Waals surface area contributed by atoms with Gasteiger partial charge in [-0.3, -0.25) is 4.79 Å². The highest BCUT2D eigenvalue weighted by atomic mass is 16.3. The first kappa shape index (κ1) is 16.2. The van der Waals surface area contributed by atoms with Gasteiger partial charge in [0.15, 0.2) is 5.78 Å². The average Bonchev–Trinajstić information content (AvgIpc) is 2.67. The number of carbonyl (C=O) groups is 1. The van der Waals surface area contributed by atoms with Crippen LogP contribution in [0.4, 0.5) is 0 Å². The molecule has 2 heteroatoms. The van der Waals surface area contributed by atoms with E-state index in [9.17, 15) is 9.90 Å². The molecule has 0 aliphatic carbocycles. The fraction of sp³-hybridized carbons (Fsp3) is 0.136. The first-order valence-corrected chi connectivity index (χ1v) is 8.12. The predicted octanol–water partition coefficient (Wildman–Crippen LogP) is 4.46. The molecule has 0 aliphatic heterocycles. The van der Waals surface area contributed by atoms with Crippen molar-refractivity contribution in [2.75, 3.05) is 0 Å². The molecule has 3 aromatic carbocycles. The maximum absolute atomic E-state index is 13.0. The summed E-state index contributed by atoms with van der Waals surface area (Å²) in [6.07, 6.45) is -0.330. The highest BCUT2D eigenvalue weighted by Gasteiger charge is 2.29. The Hall–Kier alpha value is -2.71. The summed E-state index contributed by atoms with van der Waals surface area (Å²) in [6, 6.07) is 28.4. The third-order valence-corrected chi connectivity index (χ3v) is 4.22. The molecule has 0 aromatic heterocycles. The van der Waals surface area contributed by atoms with Crippen molar-refractivity contribution in [3.05, 3.63) is 108 Å². The zero-order chi connectivity index (χ0) is 16.8. The number of ketones is 1. The molecular weight excluding hydrogens is 296 g/mol. The smallest absolute Gasteiger partial charge is 0.169 e. The van der Waals surface area contributed by atoms with Crippen LogP contribution in [0.15, 0.2) is 91.0 Å². The fourth-order valence-corrected chi connectivity index (χ4v) is 2.91. The summed E-state index contributed by atoms with van der Waals surface area (Å²) >= 11 is 0. The molecule has 0 unspecified atom stereocenters. The third-order valence-electron chi connectivity index (χ3n) is 4.22. The van der Waals surface area contributed by atoms with E-state index in [2.05, 4.69) is 0 Å². The van der Waals surface area contributed by atoms with Crippen LogP contribution >= 0.6 is 0 Å². The minimum Gasteiger partial charge on any atom is -0.388 e. The van der Waals surface area contributed by atoms with Crippen LogP contribution in [-0.4, -0.2) is 10.9 Å². The van der Waals surface area contributed by atoms with Crippen LogP contribution in [0, 0.1) is 5.92 Å². The van der Waals surface area contributed by atoms with Crippen molar-refractivity contribution >= 4 is 5.78 Å². The van der Waals surface area contributed by atoms with Crippen molar-refractivity contribution in [2.45, 2.75) is 12.5 Å². The van der Waals surface area contributed by atoms with Crippen LogP contribution < -0.4 is 0 Å². The second kappa shape index (κ2) is 7.71. The molecule has 0 heterocycles. The van der Waals surface area contributed by atoms with Gasteiger partial charge in [0.05, 0.1) is 12.0 Å². The second-order valence-corrected chi connectivity index (χ2v) is 5.88. The van der Waals surface area contributed by atoms with Crippen LogP contribution in [0.1, 0.15) is 27.6 Å². The second-order valence-electron chi connectivity index (χ2n) is 5.88. The van der Waals surface area contributed by atoms with E-state index in [1.807, 2.05) is 78.9 Å². The first-order chi connectivity index (χ1) is 11.8. The van der Waals surface area contributed by atoms with Crippen molar-refractivity contribution in [1.29, 1.82) is 0 Å². The molecule has 0 saturated carbocycles. The van der Waals surface area contributed by atoms with E-state index < -0.39 is 12.0 Å². The molecule has 0 bridgehead atoms. The lowest BCUT2D eigenvalue weighted by Crippen LogP contribution is -2.25. The van der Waals surface area contributed by atoms with Crippen LogP contribution in [0.5, 0.6) is 0 Å². The Bertz CT molecular complexity index is 767. The Morgan fingerprint density at radius 2 is 1.25 bits per heavy atom. The topological polar surface area (TPSA) is 37.3 Å². The first-order valence-electron chi connectivity index (χ1n) is 8.12. The lowest BCUT2D eigenvalue weighted by atomic mass is 9.84.